The van der Waals surface area contributed by atoms with Crippen molar-refractivity contribution in [2.24, 2.45) is 5.92 Å². The van der Waals surface area contributed by atoms with Gasteiger partial charge >= 0.3 is 0 Å². The molecule has 30 heavy (non-hydrogen) atoms. The summed E-state index contributed by atoms with van der Waals surface area (Å²) in [5.74, 6) is 0.0729. The topological polar surface area (TPSA) is 70.7 Å². The summed E-state index contributed by atoms with van der Waals surface area (Å²) in [5.41, 5.74) is 2.40. The van der Waals surface area contributed by atoms with Crippen molar-refractivity contribution in [3.8, 4) is 0 Å². The summed E-state index contributed by atoms with van der Waals surface area (Å²) < 4.78 is 5.48. The van der Waals surface area contributed by atoms with E-state index in [9.17, 15) is 9.59 Å². The molecular weight excluding hydrogens is 402 g/mol. The maximum atomic E-state index is 12.7. The first-order valence-corrected chi connectivity index (χ1v) is 10.7. The third kappa shape index (κ3) is 5.39. The number of morpholine rings is 1. The summed E-state index contributed by atoms with van der Waals surface area (Å²) in [7, 11) is 0. The molecule has 2 aromatic rings. The molecule has 1 saturated heterocycles. The van der Waals surface area contributed by atoms with E-state index in [1.54, 1.807) is 24.3 Å². The third-order valence-corrected chi connectivity index (χ3v) is 5.81. The van der Waals surface area contributed by atoms with Gasteiger partial charge in [-0.3, -0.25) is 14.5 Å². The highest BCUT2D eigenvalue weighted by molar-refractivity contribution is 6.30. The van der Waals surface area contributed by atoms with Crippen LogP contribution in [0.1, 0.15) is 34.8 Å². The summed E-state index contributed by atoms with van der Waals surface area (Å²) in [6.07, 6.45) is 1.93. The highest BCUT2D eigenvalue weighted by Gasteiger charge is 2.29. The van der Waals surface area contributed by atoms with E-state index in [4.69, 9.17) is 16.3 Å². The number of hydrogen-bond donors (Lipinski definition) is 2. The van der Waals surface area contributed by atoms with Gasteiger partial charge in [-0.05, 0) is 54.8 Å². The normalized spacial score (nSPS) is 17.9. The predicted octanol–water partition coefficient (Wildman–Crippen LogP) is 3.49. The van der Waals surface area contributed by atoms with Crippen molar-refractivity contribution < 1.29 is 14.3 Å². The lowest BCUT2D eigenvalue weighted by molar-refractivity contribution is -0.117. The molecule has 1 aliphatic heterocycles. The lowest BCUT2D eigenvalue weighted by Gasteiger charge is -2.35. The van der Waals surface area contributed by atoms with E-state index in [-0.39, 0.29) is 23.8 Å². The molecule has 0 radical (unpaired) electrons. The van der Waals surface area contributed by atoms with Crippen molar-refractivity contribution in [1.82, 2.24) is 10.2 Å². The molecule has 1 unspecified atom stereocenters. The number of carbonyl (C=O) groups excluding carboxylic acids is 2. The summed E-state index contributed by atoms with van der Waals surface area (Å²) in [4.78, 5) is 26.9. The van der Waals surface area contributed by atoms with Crippen LogP contribution in [0.15, 0.2) is 48.5 Å². The van der Waals surface area contributed by atoms with Crippen molar-refractivity contribution in [3.63, 3.8) is 0 Å². The molecule has 2 amide bonds. The van der Waals surface area contributed by atoms with E-state index >= 15 is 0 Å². The van der Waals surface area contributed by atoms with Gasteiger partial charge in [0.25, 0.3) is 5.91 Å². The molecule has 2 aromatic carbocycles. The quantitative estimate of drug-likeness (QED) is 0.709. The van der Waals surface area contributed by atoms with Gasteiger partial charge in [-0.15, -0.1) is 0 Å². The number of halogens is 1. The van der Waals surface area contributed by atoms with Gasteiger partial charge in [0, 0.05) is 41.8 Å². The fourth-order valence-electron chi connectivity index (χ4n) is 3.62. The Kier molecular flexibility index (Phi) is 6.67. The molecule has 1 atom stereocenters. The molecule has 2 N–H and O–H groups in total. The van der Waals surface area contributed by atoms with Crippen molar-refractivity contribution in [2.45, 2.75) is 18.9 Å². The monoisotopic (exact) mass is 427 g/mol. The van der Waals surface area contributed by atoms with Crippen LogP contribution >= 0.6 is 11.6 Å². The molecular formula is C23H26ClN3O3. The molecule has 0 spiro atoms. The Morgan fingerprint density at radius 2 is 1.70 bits per heavy atom. The minimum atomic E-state index is -0.137. The van der Waals surface area contributed by atoms with Crippen LogP contribution in [0, 0.1) is 5.92 Å². The number of rotatable bonds is 7. The number of ether oxygens (including phenoxy) is 1. The molecule has 2 aliphatic rings. The standard InChI is InChI=1S/C23H26ClN3O3/c24-19-7-3-16(4-8-19)21(27-11-13-30-14-12-27)15-25-22(28)17-5-9-20(10-6-17)26-23(29)18-1-2-18/h3-10,18,21H,1-2,11-15H2,(H,25,28)(H,26,29). The summed E-state index contributed by atoms with van der Waals surface area (Å²) in [5, 5.41) is 6.64. The minimum absolute atomic E-state index is 0.0484. The second-order valence-corrected chi connectivity index (χ2v) is 8.20. The molecule has 7 heteroatoms. The van der Waals surface area contributed by atoms with Crippen LogP contribution in [-0.2, 0) is 9.53 Å². The Morgan fingerprint density at radius 3 is 2.33 bits per heavy atom. The third-order valence-electron chi connectivity index (χ3n) is 5.56. The van der Waals surface area contributed by atoms with Crippen LogP contribution < -0.4 is 10.6 Å². The summed E-state index contributed by atoms with van der Waals surface area (Å²) >= 11 is 6.05. The molecule has 1 heterocycles. The van der Waals surface area contributed by atoms with Crippen LogP contribution in [-0.4, -0.2) is 49.6 Å². The molecule has 4 rings (SSSR count). The average Bonchev–Trinajstić information content (AvgIpc) is 3.62. The Bertz CT molecular complexity index is 876. The predicted molar refractivity (Wildman–Crippen MR) is 117 cm³/mol. The summed E-state index contributed by atoms with van der Waals surface area (Å²) in [6.45, 7) is 3.50. The largest absolute Gasteiger partial charge is 0.379 e. The van der Waals surface area contributed by atoms with Gasteiger partial charge in [0.1, 0.15) is 0 Å². The highest BCUT2D eigenvalue weighted by atomic mass is 35.5. The first-order valence-electron chi connectivity index (χ1n) is 10.4. The van der Waals surface area contributed by atoms with Gasteiger partial charge in [-0.1, -0.05) is 23.7 Å². The van der Waals surface area contributed by atoms with Crippen LogP contribution in [0.25, 0.3) is 0 Å². The van der Waals surface area contributed by atoms with Crippen molar-refractivity contribution in [1.29, 1.82) is 0 Å². The lowest BCUT2D eigenvalue weighted by atomic mass is 10.0. The van der Waals surface area contributed by atoms with Crippen LogP contribution in [0.4, 0.5) is 5.69 Å². The van der Waals surface area contributed by atoms with Crippen LogP contribution in [0.5, 0.6) is 0 Å². The zero-order valence-corrected chi connectivity index (χ0v) is 17.5. The van der Waals surface area contributed by atoms with Gasteiger partial charge in [0.15, 0.2) is 0 Å². The number of carbonyl (C=O) groups is 2. The van der Waals surface area contributed by atoms with Crippen molar-refractivity contribution >= 4 is 29.1 Å². The van der Waals surface area contributed by atoms with E-state index in [1.165, 1.54) is 0 Å². The Balaban J connectivity index is 1.38. The maximum absolute atomic E-state index is 12.7. The number of anilines is 1. The van der Waals surface area contributed by atoms with E-state index < -0.39 is 0 Å². The van der Waals surface area contributed by atoms with Gasteiger partial charge < -0.3 is 15.4 Å². The fourth-order valence-corrected chi connectivity index (χ4v) is 3.74. The van der Waals surface area contributed by atoms with Gasteiger partial charge in [-0.2, -0.15) is 0 Å². The number of amides is 2. The zero-order valence-electron chi connectivity index (χ0n) is 16.8. The second-order valence-electron chi connectivity index (χ2n) is 7.77. The molecule has 0 aromatic heterocycles. The first-order chi connectivity index (χ1) is 14.6. The molecule has 2 fully saturated rings. The van der Waals surface area contributed by atoms with E-state index in [0.29, 0.717) is 30.3 Å². The molecule has 1 saturated carbocycles. The van der Waals surface area contributed by atoms with E-state index in [1.807, 2.05) is 24.3 Å². The number of benzene rings is 2. The van der Waals surface area contributed by atoms with Crippen molar-refractivity contribution in [2.75, 3.05) is 38.2 Å². The number of nitrogens with zero attached hydrogens (tertiary/aromatic N) is 1. The average molecular weight is 428 g/mol. The van der Waals surface area contributed by atoms with Gasteiger partial charge in [0.2, 0.25) is 5.91 Å². The number of hydrogen-bond acceptors (Lipinski definition) is 4. The second kappa shape index (κ2) is 9.60. The fraction of sp³-hybridized carbons (Fsp3) is 0.391. The van der Waals surface area contributed by atoms with Crippen molar-refractivity contribution in [3.05, 3.63) is 64.7 Å². The Labute approximate surface area is 181 Å². The lowest BCUT2D eigenvalue weighted by Crippen LogP contribution is -2.43. The van der Waals surface area contributed by atoms with E-state index in [2.05, 4.69) is 15.5 Å². The number of nitrogens with one attached hydrogen (secondary N) is 2. The minimum Gasteiger partial charge on any atom is -0.379 e. The Hall–Kier alpha value is -2.41. The summed E-state index contributed by atoms with van der Waals surface area (Å²) in [6, 6.07) is 14.8. The molecule has 6 nitrogen and oxygen atoms in total. The zero-order chi connectivity index (χ0) is 20.9. The smallest absolute Gasteiger partial charge is 0.251 e. The Morgan fingerprint density at radius 1 is 1.03 bits per heavy atom. The molecule has 0 bridgehead atoms. The van der Waals surface area contributed by atoms with E-state index in [0.717, 1.165) is 37.2 Å². The SMILES string of the molecule is O=C(NCC(c1ccc(Cl)cc1)N1CCOCC1)c1ccc(NC(=O)C2CC2)cc1. The van der Waals surface area contributed by atoms with Gasteiger partial charge in [-0.25, -0.2) is 0 Å². The first kappa shape index (κ1) is 20.8. The molecule has 158 valence electrons. The van der Waals surface area contributed by atoms with Crippen LogP contribution in [0.3, 0.4) is 0 Å². The highest BCUT2D eigenvalue weighted by Crippen LogP contribution is 2.30. The maximum Gasteiger partial charge on any atom is 0.251 e. The van der Waals surface area contributed by atoms with Gasteiger partial charge in [0.05, 0.1) is 19.3 Å². The van der Waals surface area contributed by atoms with Crippen LogP contribution in [0.2, 0.25) is 5.02 Å². The molecule has 1 aliphatic carbocycles.